The summed E-state index contributed by atoms with van der Waals surface area (Å²) in [5.74, 6) is 0.150. The number of piperidine rings is 1. The van der Waals surface area contributed by atoms with Gasteiger partial charge in [-0.1, -0.05) is 0 Å². The Morgan fingerprint density at radius 2 is 2.00 bits per heavy atom. The maximum Gasteiger partial charge on any atom is 0.146 e. The number of carbonyl (C=O) groups excluding carboxylic acids is 1. The van der Waals surface area contributed by atoms with E-state index in [1.54, 1.807) is 6.92 Å². The zero-order valence-corrected chi connectivity index (χ0v) is 11.4. The van der Waals surface area contributed by atoms with Gasteiger partial charge in [0.2, 0.25) is 0 Å². The Kier molecular flexibility index (Phi) is 3.27. The number of Topliss-reactive ketones (excluding diaryl/α,β-unsaturated/α-hetero) is 1. The van der Waals surface area contributed by atoms with Gasteiger partial charge in [-0.25, -0.2) is 0 Å². The molecule has 0 unspecified atom stereocenters. The van der Waals surface area contributed by atoms with Crippen LogP contribution in [0.1, 0.15) is 31.9 Å². The molecule has 0 amide bonds. The molecule has 4 heteroatoms. The van der Waals surface area contributed by atoms with Crippen LogP contribution in [0.25, 0.3) is 0 Å². The molecule has 3 rings (SSSR count). The van der Waals surface area contributed by atoms with Crippen molar-refractivity contribution in [2.45, 2.75) is 31.6 Å². The Bertz CT molecular complexity index is 460. The smallest absolute Gasteiger partial charge is 0.146 e. The minimum absolute atomic E-state index is 0.150. The summed E-state index contributed by atoms with van der Waals surface area (Å²) < 4.78 is 5.23. The topological polar surface area (TPSA) is 42.4 Å². The Morgan fingerprint density at radius 3 is 2.47 bits per heavy atom. The predicted octanol–water partition coefficient (Wildman–Crippen LogP) is 1.93. The van der Waals surface area contributed by atoms with Gasteiger partial charge in [-0.05, 0) is 38.3 Å². The van der Waals surface area contributed by atoms with Gasteiger partial charge in [0, 0.05) is 13.1 Å². The fraction of sp³-hybridized carbons (Fsp3) is 0.600. The van der Waals surface area contributed by atoms with E-state index in [9.17, 15) is 4.79 Å². The van der Waals surface area contributed by atoms with Crippen LogP contribution in [0.3, 0.4) is 0 Å². The van der Waals surface area contributed by atoms with Crippen LogP contribution in [-0.4, -0.2) is 37.1 Å². The molecular weight excluding hydrogens is 240 g/mol. The van der Waals surface area contributed by atoms with E-state index in [1.165, 1.54) is 24.9 Å². The lowest BCUT2D eigenvalue weighted by molar-refractivity contribution is -0.141. The van der Waals surface area contributed by atoms with Gasteiger partial charge < -0.3 is 9.64 Å². The van der Waals surface area contributed by atoms with Crippen LogP contribution < -0.4 is 4.90 Å². The van der Waals surface area contributed by atoms with Crippen molar-refractivity contribution in [3.63, 3.8) is 0 Å². The molecule has 0 spiro atoms. The van der Waals surface area contributed by atoms with Crippen molar-refractivity contribution in [1.29, 1.82) is 0 Å². The van der Waals surface area contributed by atoms with E-state index < -0.39 is 5.41 Å². The molecule has 2 fully saturated rings. The van der Waals surface area contributed by atoms with Crippen LogP contribution in [0.4, 0.5) is 5.69 Å². The van der Waals surface area contributed by atoms with Crippen LogP contribution >= 0.6 is 0 Å². The second-order valence-electron chi connectivity index (χ2n) is 5.58. The van der Waals surface area contributed by atoms with Crippen LogP contribution in [0, 0.1) is 0 Å². The molecule has 1 aromatic rings. The standard InChI is InChI=1S/C15H20N2O2/c1-12(18)15(10-19-11-15)14-6-5-13(9-16-14)17-7-3-2-4-8-17/h5-6,9H,2-4,7-8,10-11H2,1H3. The highest BCUT2D eigenvalue weighted by Gasteiger charge is 2.46. The molecule has 2 aliphatic rings. The number of carbonyl (C=O) groups is 1. The summed E-state index contributed by atoms with van der Waals surface area (Å²) >= 11 is 0. The number of nitrogens with zero attached hydrogens (tertiary/aromatic N) is 2. The second-order valence-corrected chi connectivity index (χ2v) is 5.58. The van der Waals surface area contributed by atoms with Crippen molar-refractivity contribution >= 4 is 11.5 Å². The normalized spacial score (nSPS) is 21.8. The average molecular weight is 260 g/mol. The molecule has 2 saturated heterocycles. The third-order valence-electron chi connectivity index (χ3n) is 4.33. The molecule has 2 aliphatic heterocycles. The van der Waals surface area contributed by atoms with Crippen molar-refractivity contribution < 1.29 is 9.53 Å². The fourth-order valence-electron chi connectivity index (χ4n) is 2.85. The molecule has 0 aromatic carbocycles. The number of ether oxygens (including phenoxy) is 1. The van der Waals surface area contributed by atoms with Crippen molar-refractivity contribution in [3.05, 3.63) is 24.0 Å². The summed E-state index contributed by atoms with van der Waals surface area (Å²) in [4.78, 5) is 18.7. The van der Waals surface area contributed by atoms with Gasteiger partial charge in [-0.2, -0.15) is 0 Å². The van der Waals surface area contributed by atoms with Crippen LogP contribution in [0.2, 0.25) is 0 Å². The first-order valence-corrected chi connectivity index (χ1v) is 7.03. The van der Waals surface area contributed by atoms with Gasteiger partial charge in [-0.3, -0.25) is 9.78 Å². The molecular formula is C15H20N2O2. The summed E-state index contributed by atoms with van der Waals surface area (Å²) in [7, 11) is 0. The highest BCUT2D eigenvalue weighted by molar-refractivity contribution is 5.88. The molecule has 0 aliphatic carbocycles. The Labute approximate surface area is 113 Å². The molecule has 0 radical (unpaired) electrons. The van der Waals surface area contributed by atoms with Crippen molar-refractivity contribution in [3.8, 4) is 0 Å². The molecule has 0 atom stereocenters. The Balaban J connectivity index is 1.80. The molecule has 3 heterocycles. The number of hydrogen-bond donors (Lipinski definition) is 0. The van der Waals surface area contributed by atoms with E-state index in [0.717, 1.165) is 18.8 Å². The summed E-state index contributed by atoms with van der Waals surface area (Å²) in [5, 5.41) is 0. The first-order valence-electron chi connectivity index (χ1n) is 7.03. The van der Waals surface area contributed by atoms with E-state index in [4.69, 9.17) is 4.74 Å². The molecule has 0 N–H and O–H groups in total. The summed E-state index contributed by atoms with van der Waals surface area (Å²) in [5.41, 5.74) is 1.54. The van der Waals surface area contributed by atoms with Gasteiger partial charge >= 0.3 is 0 Å². The minimum atomic E-state index is -0.486. The van der Waals surface area contributed by atoms with Crippen LogP contribution in [0.5, 0.6) is 0 Å². The summed E-state index contributed by atoms with van der Waals surface area (Å²) in [6.07, 6.45) is 5.75. The SMILES string of the molecule is CC(=O)C1(c2ccc(N3CCCCC3)cn2)COC1. The lowest BCUT2D eigenvalue weighted by atomic mass is 9.78. The zero-order valence-electron chi connectivity index (χ0n) is 11.4. The highest BCUT2D eigenvalue weighted by atomic mass is 16.5. The molecule has 0 saturated carbocycles. The van der Waals surface area contributed by atoms with Gasteiger partial charge in [0.15, 0.2) is 0 Å². The lowest BCUT2D eigenvalue weighted by Crippen LogP contribution is -2.52. The van der Waals surface area contributed by atoms with E-state index in [2.05, 4.69) is 16.0 Å². The second kappa shape index (κ2) is 4.93. The van der Waals surface area contributed by atoms with E-state index in [-0.39, 0.29) is 5.78 Å². The van der Waals surface area contributed by atoms with Crippen LogP contribution in [-0.2, 0) is 14.9 Å². The number of hydrogen-bond acceptors (Lipinski definition) is 4. The van der Waals surface area contributed by atoms with Gasteiger partial charge in [0.25, 0.3) is 0 Å². The average Bonchev–Trinajstić information content (AvgIpc) is 2.39. The number of aromatic nitrogens is 1. The number of anilines is 1. The van der Waals surface area contributed by atoms with Crippen molar-refractivity contribution in [1.82, 2.24) is 4.98 Å². The third kappa shape index (κ3) is 2.14. The summed E-state index contributed by atoms with van der Waals surface area (Å²) in [6.45, 7) is 4.80. The van der Waals surface area contributed by atoms with Gasteiger partial charge in [-0.15, -0.1) is 0 Å². The van der Waals surface area contributed by atoms with Crippen LogP contribution in [0.15, 0.2) is 18.3 Å². The third-order valence-corrected chi connectivity index (χ3v) is 4.33. The predicted molar refractivity (Wildman–Crippen MR) is 73.5 cm³/mol. The zero-order chi connectivity index (χ0) is 13.3. The van der Waals surface area contributed by atoms with E-state index in [0.29, 0.717) is 13.2 Å². The maximum atomic E-state index is 11.8. The quantitative estimate of drug-likeness (QED) is 0.833. The molecule has 19 heavy (non-hydrogen) atoms. The van der Waals surface area contributed by atoms with Crippen molar-refractivity contribution in [2.24, 2.45) is 0 Å². The lowest BCUT2D eigenvalue weighted by Gasteiger charge is -2.38. The molecule has 102 valence electrons. The summed E-state index contributed by atoms with van der Waals surface area (Å²) in [6, 6.07) is 4.09. The molecule has 1 aromatic heterocycles. The molecule has 4 nitrogen and oxygen atoms in total. The van der Waals surface area contributed by atoms with E-state index >= 15 is 0 Å². The van der Waals surface area contributed by atoms with E-state index in [1.807, 2.05) is 12.3 Å². The van der Waals surface area contributed by atoms with Gasteiger partial charge in [0.05, 0.1) is 30.8 Å². The molecule has 0 bridgehead atoms. The number of ketones is 1. The first-order chi connectivity index (χ1) is 9.22. The highest BCUT2D eigenvalue weighted by Crippen LogP contribution is 2.33. The number of rotatable bonds is 3. The van der Waals surface area contributed by atoms with Gasteiger partial charge in [0.1, 0.15) is 11.2 Å². The Morgan fingerprint density at radius 1 is 1.26 bits per heavy atom. The number of pyridine rings is 1. The maximum absolute atomic E-state index is 11.8. The Hall–Kier alpha value is -1.42. The van der Waals surface area contributed by atoms with Crippen molar-refractivity contribution in [2.75, 3.05) is 31.2 Å². The minimum Gasteiger partial charge on any atom is -0.378 e. The monoisotopic (exact) mass is 260 g/mol. The largest absolute Gasteiger partial charge is 0.378 e. The fourth-order valence-corrected chi connectivity index (χ4v) is 2.85. The first kappa shape index (κ1) is 12.6.